The predicted octanol–water partition coefficient (Wildman–Crippen LogP) is 2.99. The van der Waals surface area contributed by atoms with Gasteiger partial charge in [-0.15, -0.1) is 12.4 Å². The van der Waals surface area contributed by atoms with E-state index < -0.39 is 6.09 Å². The summed E-state index contributed by atoms with van der Waals surface area (Å²) in [5.41, 5.74) is 8.64. The molecule has 0 aliphatic heterocycles. The maximum absolute atomic E-state index is 11.6. The normalized spacial score (nSPS) is 9.57. The quantitative estimate of drug-likeness (QED) is 0.892. The first kappa shape index (κ1) is 17.0. The van der Waals surface area contributed by atoms with Crippen LogP contribution in [0.5, 0.6) is 0 Å². The number of carbonyl (C=O) groups is 1. The van der Waals surface area contributed by atoms with Crippen molar-refractivity contribution in [1.29, 1.82) is 0 Å². The van der Waals surface area contributed by atoms with Gasteiger partial charge in [-0.3, -0.25) is 0 Å². The van der Waals surface area contributed by atoms with Gasteiger partial charge in [-0.25, -0.2) is 4.79 Å². The molecule has 0 atom stereocenters. The zero-order valence-electron chi connectivity index (χ0n) is 11.6. The summed E-state index contributed by atoms with van der Waals surface area (Å²) in [6, 6.07) is 17.3. The first-order valence-electron chi connectivity index (χ1n) is 6.51. The van der Waals surface area contributed by atoms with Crippen molar-refractivity contribution in [2.75, 3.05) is 0 Å². The number of halogens is 1. The minimum absolute atomic E-state index is 0. The molecule has 0 spiro atoms. The Morgan fingerprint density at radius 2 is 1.62 bits per heavy atom. The molecule has 0 aliphatic carbocycles. The van der Waals surface area contributed by atoms with Crippen molar-refractivity contribution in [2.45, 2.75) is 19.7 Å². The van der Waals surface area contributed by atoms with Crippen LogP contribution in [0.4, 0.5) is 4.79 Å². The number of carbonyl (C=O) groups excluding carboxylic acids is 1. The topological polar surface area (TPSA) is 64.3 Å². The molecule has 2 aromatic carbocycles. The summed E-state index contributed by atoms with van der Waals surface area (Å²) in [7, 11) is 0. The lowest BCUT2D eigenvalue weighted by Gasteiger charge is -2.10. The Morgan fingerprint density at radius 3 is 2.29 bits per heavy atom. The highest BCUT2D eigenvalue weighted by Gasteiger charge is 2.04. The van der Waals surface area contributed by atoms with Crippen LogP contribution in [-0.2, 0) is 24.4 Å². The van der Waals surface area contributed by atoms with Gasteiger partial charge in [0.05, 0.1) is 0 Å². The fourth-order valence-corrected chi connectivity index (χ4v) is 1.87. The van der Waals surface area contributed by atoms with E-state index in [1.807, 2.05) is 54.6 Å². The lowest BCUT2D eigenvalue weighted by Crippen LogP contribution is -2.24. The van der Waals surface area contributed by atoms with Crippen molar-refractivity contribution in [2.24, 2.45) is 5.73 Å². The predicted molar refractivity (Wildman–Crippen MR) is 85.0 cm³/mol. The Bertz CT molecular complexity index is 561. The van der Waals surface area contributed by atoms with Gasteiger partial charge in [0.25, 0.3) is 0 Å². The van der Waals surface area contributed by atoms with E-state index in [2.05, 4.69) is 5.32 Å². The van der Waals surface area contributed by atoms with Crippen molar-refractivity contribution in [1.82, 2.24) is 5.32 Å². The van der Waals surface area contributed by atoms with Crippen LogP contribution < -0.4 is 11.1 Å². The van der Waals surface area contributed by atoms with E-state index in [1.165, 1.54) is 0 Å². The van der Waals surface area contributed by atoms with Crippen molar-refractivity contribution in [3.8, 4) is 0 Å². The molecule has 0 bridgehead atoms. The second-order valence-electron chi connectivity index (χ2n) is 4.39. The smallest absolute Gasteiger partial charge is 0.407 e. The molecule has 5 heteroatoms. The number of alkyl carbamates (subject to hydrolysis) is 1. The third kappa shape index (κ3) is 5.45. The average Bonchev–Trinajstić information content (AvgIpc) is 2.52. The van der Waals surface area contributed by atoms with Crippen LogP contribution in [0, 0.1) is 0 Å². The highest BCUT2D eigenvalue weighted by molar-refractivity contribution is 5.85. The lowest BCUT2D eigenvalue weighted by atomic mass is 10.1. The summed E-state index contributed by atoms with van der Waals surface area (Å²) in [5.74, 6) is 0. The third-order valence-electron chi connectivity index (χ3n) is 2.97. The molecule has 21 heavy (non-hydrogen) atoms. The molecule has 112 valence electrons. The number of rotatable bonds is 5. The number of hydrogen-bond donors (Lipinski definition) is 2. The number of amides is 1. The standard InChI is InChI=1S/C16H18N2O2.ClH/c17-10-14-8-4-5-9-15(14)11-18-16(19)20-12-13-6-2-1-3-7-13;/h1-9H,10-12,17H2,(H,18,19);1H. The molecule has 0 heterocycles. The highest BCUT2D eigenvalue weighted by atomic mass is 35.5. The van der Waals surface area contributed by atoms with Crippen molar-refractivity contribution in [3.05, 3.63) is 71.3 Å². The second kappa shape index (κ2) is 9.00. The maximum Gasteiger partial charge on any atom is 0.407 e. The summed E-state index contributed by atoms with van der Waals surface area (Å²) >= 11 is 0. The molecule has 0 saturated heterocycles. The van der Waals surface area contributed by atoms with Gasteiger partial charge in [0, 0.05) is 13.1 Å². The first-order valence-corrected chi connectivity index (χ1v) is 6.51. The average molecular weight is 307 g/mol. The summed E-state index contributed by atoms with van der Waals surface area (Å²) in [4.78, 5) is 11.6. The highest BCUT2D eigenvalue weighted by Crippen LogP contribution is 2.07. The van der Waals surface area contributed by atoms with E-state index in [0.29, 0.717) is 13.1 Å². The van der Waals surface area contributed by atoms with E-state index in [4.69, 9.17) is 10.5 Å². The number of nitrogens with two attached hydrogens (primary N) is 1. The molecule has 0 saturated carbocycles. The minimum Gasteiger partial charge on any atom is -0.445 e. The van der Waals surface area contributed by atoms with Crippen LogP contribution >= 0.6 is 12.4 Å². The molecule has 0 unspecified atom stereocenters. The zero-order valence-corrected chi connectivity index (χ0v) is 12.4. The molecule has 0 fully saturated rings. The summed E-state index contributed by atoms with van der Waals surface area (Å²) in [5, 5.41) is 2.73. The zero-order chi connectivity index (χ0) is 14.2. The van der Waals surface area contributed by atoms with Crippen molar-refractivity contribution in [3.63, 3.8) is 0 Å². The number of nitrogens with one attached hydrogen (secondary N) is 1. The van der Waals surface area contributed by atoms with Crippen LogP contribution in [0.15, 0.2) is 54.6 Å². The molecule has 2 rings (SSSR count). The van der Waals surface area contributed by atoms with Gasteiger partial charge in [0.15, 0.2) is 0 Å². The van der Waals surface area contributed by atoms with E-state index >= 15 is 0 Å². The molecular formula is C16H19ClN2O2. The number of benzene rings is 2. The molecular weight excluding hydrogens is 288 g/mol. The fourth-order valence-electron chi connectivity index (χ4n) is 1.87. The monoisotopic (exact) mass is 306 g/mol. The Kier molecular flexibility index (Phi) is 7.29. The molecule has 0 aliphatic rings. The fraction of sp³-hybridized carbons (Fsp3) is 0.188. The van der Waals surface area contributed by atoms with Gasteiger partial charge in [0.2, 0.25) is 0 Å². The molecule has 2 aromatic rings. The summed E-state index contributed by atoms with van der Waals surface area (Å²) in [6.07, 6.45) is -0.430. The van der Waals surface area contributed by atoms with E-state index in [1.54, 1.807) is 0 Å². The van der Waals surface area contributed by atoms with Gasteiger partial charge in [-0.2, -0.15) is 0 Å². The lowest BCUT2D eigenvalue weighted by molar-refractivity contribution is 0.139. The number of ether oxygens (including phenoxy) is 1. The van der Waals surface area contributed by atoms with Gasteiger partial charge in [-0.05, 0) is 16.7 Å². The van der Waals surface area contributed by atoms with Gasteiger partial charge in [0.1, 0.15) is 6.61 Å². The summed E-state index contributed by atoms with van der Waals surface area (Å²) in [6.45, 7) is 1.14. The first-order chi connectivity index (χ1) is 9.79. The van der Waals surface area contributed by atoms with Gasteiger partial charge < -0.3 is 15.8 Å². The van der Waals surface area contributed by atoms with Crippen LogP contribution in [0.25, 0.3) is 0 Å². The second-order valence-corrected chi connectivity index (χ2v) is 4.39. The number of hydrogen-bond acceptors (Lipinski definition) is 3. The van der Waals surface area contributed by atoms with Crippen molar-refractivity contribution < 1.29 is 9.53 Å². The maximum atomic E-state index is 11.6. The van der Waals surface area contributed by atoms with Crippen molar-refractivity contribution >= 4 is 18.5 Å². The Balaban J connectivity index is 0.00000220. The van der Waals surface area contributed by atoms with Crippen LogP contribution in [-0.4, -0.2) is 6.09 Å². The van der Waals surface area contributed by atoms with Crippen LogP contribution in [0.3, 0.4) is 0 Å². The molecule has 0 radical (unpaired) electrons. The van der Waals surface area contributed by atoms with E-state index in [-0.39, 0.29) is 19.0 Å². The van der Waals surface area contributed by atoms with Crippen LogP contribution in [0.1, 0.15) is 16.7 Å². The Labute approximate surface area is 130 Å². The Hall–Kier alpha value is -2.04. The van der Waals surface area contributed by atoms with Crippen LogP contribution in [0.2, 0.25) is 0 Å². The SMILES string of the molecule is Cl.NCc1ccccc1CNC(=O)OCc1ccccc1. The van der Waals surface area contributed by atoms with Gasteiger partial charge in [-0.1, -0.05) is 54.6 Å². The van der Waals surface area contributed by atoms with E-state index in [0.717, 1.165) is 16.7 Å². The minimum atomic E-state index is -0.430. The molecule has 1 amide bonds. The Morgan fingerprint density at radius 1 is 1.00 bits per heavy atom. The molecule has 4 nitrogen and oxygen atoms in total. The molecule has 3 N–H and O–H groups in total. The molecule has 0 aromatic heterocycles. The third-order valence-corrected chi connectivity index (χ3v) is 2.97. The summed E-state index contributed by atoms with van der Waals surface area (Å²) < 4.78 is 5.14. The van der Waals surface area contributed by atoms with Gasteiger partial charge >= 0.3 is 6.09 Å². The van der Waals surface area contributed by atoms with E-state index in [9.17, 15) is 4.79 Å². The largest absolute Gasteiger partial charge is 0.445 e.